The average Bonchev–Trinajstić information content (AvgIpc) is 2.74. The molecule has 78 valence electrons. The van der Waals surface area contributed by atoms with Gasteiger partial charge in [-0.1, -0.05) is 24.3 Å². The molecule has 2 aromatic rings. The van der Waals surface area contributed by atoms with Crippen LogP contribution in [0, 0.1) is 11.5 Å². The number of aryl methyl sites for hydroxylation is 2. The predicted octanol–water partition coefficient (Wildman–Crippen LogP) is 2.86. The van der Waals surface area contributed by atoms with Crippen LogP contribution in [0.3, 0.4) is 0 Å². The molecule has 3 rings (SSSR count). The Morgan fingerprint density at radius 3 is 2.62 bits per heavy atom. The Morgan fingerprint density at radius 1 is 1.12 bits per heavy atom. The summed E-state index contributed by atoms with van der Waals surface area (Å²) >= 11 is 0. The maximum atomic E-state index is 8.98. The van der Waals surface area contributed by atoms with E-state index in [-0.39, 0.29) is 0 Å². The third kappa shape index (κ3) is 1.12. The van der Waals surface area contributed by atoms with Crippen molar-refractivity contribution >= 4 is 16.5 Å². The Balaban J connectivity index is 2.39. The van der Waals surface area contributed by atoms with Crippen LogP contribution in [0.5, 0.6) is 0 Å². The maximum absolute atomic E-state index is 8.98. The minimum Gasteiger partial charge on any atom is -0.282 e. The van der Waals surface area contributed by atoms with Crippen LogP contribution < -0.4 is 4.90 Å². The number of nitrogens with zero attached hydrogens (tertiary/aromatic N) is 2. The zero-order valence-electron chi connectivity index (χ0n) is 9.20. The lowest BCUT2D eigenvalue weighted by Crippen LogP contribution is -2.08. The molecule has 1 aliphatic rings. The van der Waals surface area contributed by atoms with Crippen LogP contribution >= 0.6 is 0 Å². The summed E-state index contributed by atoms with van der Waals surface area (Å²) < 4.78 is 0. The third-order valence-electron chi connectivity index (χ3n) is 3.37. The predicted molar refractivity (Wildman–Crippen MR) is 65.4 cm³/mol. The average molecular weight is 208 g/mol. The van der Waals surface area contributed by atoms with E-state index in [1.807, 2.05) is 0 Å². The van der Waals surface area contributed by atoms with Crippen LogP contribution in [0.4, 0.5) is 5.69 Å². The first-order valence-electron chi connectivity index (χ1n) is 5.48. The molecule has 0 saturated heterocycles. The summed E-state index contributed by atoms with van der Waals surface area (Å²) in [6.45, 7) is 0. The van der Waals surface area contributed by atoms with Crippen molar-refractivity contribution in [2.75, 3.05) is 11.9 Å². The lowest BCUT2D eigenvalue weighted by molar-refractivity contribution is 1.02. The van der Waals surface area contributed by atoms with Gasteiger partial charge in [-0.25, -0.2) is 0 Å². The van der Waals surface area contributed by atoms with Gasteiger partial charge >= 0.3 is 0 Å². The molecule has 2 aromatic carbocycles. The highest BCUT2D eigenvalue weighted by atomic mass is 15.1. The normalized spacial score (nSPS) is 12.8. The standard InChI is InChI=1S/C14H12N2/c1-16(9-15)13-8-7-11-6-5-10-3-2-4-12(13)14(10)11/h2-4,7-8H,5-6H2,1H3. The molecule has 0 N–H and O–H groups in total. The highest BCUT2D eigenvalue weighted by Gasteiger charge is 2.16. The molecule has 0 spiro atoms. The van der Waals surface area contributed by atoms with Crippen molar-refractivity contribution in [1.82, 2.24) is 0 Å². The number of benzene rings is 2. The highest BCUT2D eigenvalue weighted by Crippen LogP contribution is 2.35. The molecule has 0 atom stereocenters. The van der Waals surface area contributed by atoms with Crippen LogP contribution in [0.15, 0.2) is 30.3 Å². The van der Waals surface area contributed by atoms with Crippen LogP contribution in [-0.2, 0) is 12.8 Å². The lowest BCUT2D eigenvalue weighted by atomic mass is 10.0. The second kappa shape index (κ2) is 3.24. The van der Waals surface area contributed by atoms with Gasteiger partial charge in [0.25, 0.3) is 0 Å². The molecule has 16 heavy (non-hydrogen) atoms. The van der Waals surface area contributed by atoms with E-state index in [0.29, 0.717) is 0 Å². The molecular formula is C14H12N2. The highest BCUT2D eigenvalue weighted by molar-refractivity contribution is 6.00. The van der Waals surface area contributed by atoms with Crippen molar-refractivity contribution in [1.29, 1.82) is 5.26 Å². The Hall–Kier alpha value is -2.01. The van der Waals surface area contributed by atoms with Gasteiger partial charge in [-0.05, 0) is 35.4 Å². The second-order valence-electron chi connectivity index (χ2n) is 4.24. The number of hydrogen-bond donors (Lipinski definition) is 0. The Labute approximate surface area is 94.7 Å². The van der Waals surface area contributed by atoms with Gasteiger partial charge in [0, 0.05) is 12.4 Å². The molecular weight excluding hydrogens is 196 g/mol. The van der Waals surface area contributed by atoms with E-state index in [4.69, 9.17) is 5.26 Å². The molecule has 2 nitrogen and oxygen atoms in total. The fourth-order valence-electron chi connectivity index (χ4n) is 2.58. The topological polar surface area (TPSA) is 27.0 Å². The van der Waals surface area contributed by atoms with Crippen molar-refractivity contribution in [3.8, 4) is 6.19 Å². The summed E-state index contributed by atoms with van der Waals surface area (Å²) in [4.78, 5) is 1.63. The number of anilines is 1. The zero-order chi connectivity index (χ0) is 11.1. The molecule has 0 unspecified atom stereocenters. The van der Waals surface area contributed by atoms with Gasteiger partial charge in [-0.3, -0.25) is 4.90 Å². The summed E-state index contributed by atoms with van der Waals surface area (Å²) in [5, 5.41) is 11.5. The molecule has 0 saturated carbocycles. The number of nitriles is 1. The lowest BCUT2D eigenvalue weighted by Gasteiger charge is -2.13. The Morgan fingerprint density at radius 2 is 1.88 bits per heavy atom. The molecule has 1 aliphatic carbocycles. The first kappa shape index (κ1) is 9.23. The Kier molecular flexibility index (Phi) is 1.87. The summed E-state index contributed by atoms with van der Waals surface area (Å²) in [7, 11) is 1.80. The van der Waals surface area contributed by atoms with Crippen LogP contribution in [0.1, 0.15) is 11.1 Å². The molecule has 0 aromatic heterocycles. The van der Waals surface area contributed by atoms with Gasteiger partial charge < -0.3 is 0 Å². The molecule has 0 aliphatic heterocycles. The van der Waals surface area contributed by atoms with Gasteiger partial charge in [0.1, 0.15) is 0 Å². The van der Waals surface area contributed by atoms with Crippen molar-refractivity contribution in [3.05, 3.63) is 41.5 Å². The molecule has 2 heteroatoms. The molecule has 0 amide bonds. The van der Waals surface area contributed by atoms with E-state index < -0.39 is 0 Å². The zero-order valence-corrected chi connectivity index (χ0v) is 9.20. The molecule has 0 bridgehead atoms. The summed E-state index contributed by atoms with van der Waals surface area (Å²) in [5.41, 5.74) is 3.84. The summed E-state index contributed by atoms with van der Waals surface area (Å²) in [5.74, 6) is 0. The second-order valence-corrected chi connectivity index (χ2v) is 4.24. The minimum atomic E-state index is 1.00. The van der Waals surface area contributed by atoms with Crippen LogP contribution in [0.2, 0.25) is 0 Å². The monoisotopic (exact) mass is 208 g/mol. The van der Waals surface area contributed by atoms with Crippen molar-refractivity contribution in [3.63, 3.8) is 0 Å². The van der Waals surface area contributed by atoms with Gasteiger partial charge in [-0.2, -0.15) is 5.26 Å². The first-order chi connectivity index (χ1) is 7.81. The Bertz CT molecular complexity index is 598. The largest absolute Gasteiger partial charge is 0.282 e. The van der Waals surface area contributed by atoms with E-state index in [1.165, 1.54) is 21.9 Å². The SMILES string of the molecule is CN(C#N)c1ccc2c3c(cccc13)CC2. The van der Waals surface area contributed by atoms with Gasteiger partial charge in [0.15, 0.2) is 6.19 Å². The molecule has 0 radical (unpaired) electrons. The van der Waals surface area contributed by atoms with Crippen LogP contribution in [0.25, 0.3) is 10.8 Å². The van der Waals surface area contributed by atoms with E-state index >= 15 is 0 Å². The first-order valence-corrected chi connectivity index (χ1v) is 5.48. The van der Waals surface area contributed by atoms with Crippen molar-refractivity contribution < 1.29 is 0 Å². The van der Waals surface area contributed by atoms with E-state index in [9.17, 15) is 0 Å². The van der Waals surface area contributed by atoms with Crippen molar-refractivity contribution in [2.45, 2.75) is 12.8 Å². The maximum Gasteiger partial charge on any atom is 0.184 e. The van der Waals surface area contributed by atoms with Crippen LogP contribution in [-0.4, -0.2) is 7.05 Å². The summed E-state index contributed by atoms with van der Waals surface area (Å²) in [6.07, 6.45) is 4.43. The van der Waals surface area contributed by atoms with Crippen molar-refractivity contribution in [2.24, 2.45) is 0 Å². The quantitative estimate of drug-likeness (QED) is 0.532. The third-order valence-corrected chi connectivity index (χ3v) is 3.37. The smallest absolute Gasteiger partial charge is 0.184 e. The fourth-order valence-corrected chi connectivity index (χ4v) is 2.58. The van der Waals surface area contributed by atoms with E-state index in [0.717, 1.165) is 18.5 Å². The molecule has 0 fully saturated rings. The number of rotatable bonds is 1. The van der Waals surface area contributed by atoms with Gasteiger partial charge in [0.05, 0.1) is 5.69 Å². The fraction of sp³-hybridized carbons (Fsp3) is 0.214. The van der Waals surface area contributed by atoms with Gasteiger partial charge in [-0.15, -0.1) is 0 Å². The summed E-state index contributed by atoms with van der Waals surface area (Å²) in [6, 6.07) is 10.6. The number of hydrogen-bond acceptors (Lipinski definition) is 2. The molecule has 0 heterocycles. The van der Waals surface area contributed by atoms with E-state index in [1.54, 1.807) is 11.9 Å². The van der Waals surface area contributed by atoms with Gasteiger partial charge in [0.2, 0.25) is 0 Å². The van der Waals surface area contributed by atoms with E-state index in [2.05, 4.69) is 36.5 Å². The minimum absolute atomic E-state index is 1.00.